The molecule has 0 unspecified atom stereocenters. The SMILES string of the molecule is CCC[CH2][Sn]([CH2]CCC)([CH2]CCC)[c]1ccc(Sc2ccccc2CNC)c(CO)c1. The summed E-state index contributed by atoms with van der Waals surface area (Å²) in [5.41, 5.74) is 2.43. The van der Waals surface area contributed by atoms with Crippen molar-refractivity contribution in [1.82, 2.24) is 5.32 Å². The number of rotatable bonds is 15. The Bertz CT molecular complexity index is 758. The Hall–Kier alpha value is -0.491. The minimum absolute atomic E-state index is 0.127. The van der Waals surface area contributed by atoms with Crippen LogP contribution in [0.5, 0.6) is 0 Å². The second-order valence-corrected chi connectivity index (χ2v) is 23.1. The van der Waals surface area contributed by atoms with Gasteiger partial charge in [0.05, 0.1) is 0 Å². The van der Waals surface area contributed by atoms with Gasteiger partial charge in [0.25, 0.3) is 0 Å². The monoisotopic (exact) mass is 549 g/mol. The summed E-state index contributed by atoms with van der Waals surface area (Å²) in [5, 5.41) is 13.6. The molecular weight excluding hydrogens is 505 g/mol. The van der Waals surface area contributed by atoms with E-state index in [4.69, 9.17) is 0 Å². The van der Waals surface area contributed by atoms with Crippen molar-refractivity contribution in [2.45, 2.75) is 95.5 Å². The van der Waals surface area contributed by atoms with E-state index >= 15 is 0 Å². The summed E-state index contributed by atoms with van der Waals surface area (Å²) in [7, 11) is 1.99. The van der Waals surface area contributed by atoms with Gasteiger partial charge in [-0.05, 0) is 0 Å². The van der Waals surface area contributed by atoms with Gasteiger partial charge in [0, 0.05) is 0 Å². The number of aliphatic hydroxyl groups excluding tert-OH is 1. The van der Waals surface area contributed by atoms with Gasteiger partial charge >= 0.3 is 200 Å². The van der Waals surface area contributed by atoms with Crippen molar-refractivity contribution in [3.05, 3.63) is 53.6 Å². The van der Waals surface area contributed by atoms with Crippen LogP contribution in [0.4, 0.5) is 0 Å². The van der Waals surface area contributed by atoms with E-state index in [2.05, 4.69) is 68.6 Å². The van der Waals surface area contributed by atoms with Crippen LogP contribution in [0.25, 0.3) is 0 Å². The van der Waals surface area contributed by atoms with E-state index in [1.807, 2.05) is 7.05 Å². The van der Waals surface area contributed by atoms with Crippen LogP contribution < -0.4 is 8.90 Å². The summed E-state index contributed by atoms with van der Waals surface area (Å²) >= 11 is -0.671. The molecule has 2 nitrogen and oxygen atoms in total. The Morgan fingerprint density at radius 3 is 1.94 bits per heavy atom. The van der Waals surface area contributed by atoms with Gasteiger partial charge in [0.15, 0.2) is 0 Å². The number of aliphatic hydroxyl groups is 1. The second-order valence-electron chi connectivity index (χ2n) is 8.81. The number of hydrogen-bond donors (Lipinski definition) is 2. The molecule has 2 aromatic carbocycles. The van der Waals surface area contributed by atoms with Crippen LogP contribution in [0.2, 0.25) is 13.3 Å². The number of benzene rings is 2. The van der Waals surface area contributed by atoms with Crippen LogP contribution in [0.1, 0.15) is 70.4 Å². The molecule has 2 rings (SSSR count). The molecule has 0 bridgehead atoms. The van der Waals surface area contributed by atoms with Crippen LogP contribution in [-0.2, 0) is 13.2 Å². The summed E-state index contributed by atoms with van der Waals surface area (Å²) in [4.78, 5) is 2.48. The summed E-state index contributed by atoms with van der Waals surface area (Å²) in [6, 6.07) is 15.8. The molecule has 0 aromatic heterocycles. The van der Waals surface area contributed by atoms with Gasteiger partial charge < -0.3 is 0 Å². The molecule has 0 saturated heterocycles. The van der Waals surface area contributed by atoms with E-state index in [1.54, 1.807) is 15.3 Å². The summed E-state index contributed by atoms with van der Waals surface area (Å²) < 4.78 is 6.05. The third-order valence-corrected chi connectivity index (χ3v) is 23.3. The molecule has 0 saturated carbocycles. The first-order chi connectivity index (χ1) is 15.1. The van der Waals surface area contributed by atoms with Crippen LogP contribution in [0.3, 0.4) is 0 Å². The van der Waals surface area contributed by atoms with Gasteiger partial charge in [-0.1, -0.05) is 0 Å². The number of hydrogen-bond acceptors (Lipinski definition) is 3. The van der Waals surface area contributed by atoms with Gasteiger partial charge in [0.2, 0.25) is 0 Å². The molecule has 0 aliphatic heterocycles. The first-order valence-electron chi connectivity index (χ1n) is 12.3. The minimum atomic E-state index is -2.47. The molecule has 172 valence electrons. The average Bonchev–Trinajstić information content (AvgIpc) is 2.80. The molecule has 0 fully saturated rings. The van der Waals surface area contributed by atoms with Crippen molar-refractivity contribution in [2.24, 2.45) is 0 Å². The molecular formula is C27H43NOSSn. The van der Waals surface area contributed by atoms with E-state index in [0.29, 0.717) is 0 Å². The third-order valence-electron chi connectivity index (χ3n) is 6.43. The van der Waals surface area contributed by atoms with Crippen LogP contribution >= 0.6 is 11.8 Å². The predicted octanol–water partition coefficient (Wildman–Crippen LogP) is 7.11. The molecule has 0 radical (unpaired) electrons. The van der Waals surface area contributed by atoms with Crippen molar-refractivity contribution in [2.75, 3.05) is 7.05 Å². The number of unbranched alkanes of at least 4 members (excludes halogenated alkanes) is 3. The Morgan fingerprint density at radius 2 is 1.39 bits per heavy atom. The number of nitrogens with one attached hydrogen (secondary N) is 1. The van der Waals surface area contributed by atoms with E-state index in [0.717, 1.165) is 12.1 Å². The quantitative estimate of drug-likeness (QED) is 0.233. The molecule has 31 heavy (non-hydrogen) atoms. The zero-order chi connectivity index (χ0) is 22.5. The Morgan fingerprint density at radius 1 is 0.806 bits per heavy atom. The normalized spacial score (nSPS) is 11.8. The fourth-order valence-electron chi connectivity index (χ4n) is 4.54. The van der Waals surface area contributed by atoms with Gasteiger partial charge in [-0.25, -0.2) is 0 Å². The van der Waals surface area contributed by atoms with Crippen LogP contribution in [0, 0.1) is 0 Å². The molecule has 0 aliphatic rings. The van der Waals surface area contributed by atoms with Crippen LogP contribution in [-0.4, -0.2) is 30.5 Å². The Labute approximate surface area is 199 Å². The van der Waals surface area contributed by atoms with Gasteiger partial charge in [-0.15, -0.1) is 0 Å². The van der Waals surface area contributed by atoms with Crippen molar-refractivity contribution in [1.29, 1.82) is 0 Å². The summed E-state index contributed by atoms with van der Waals surface area (Å²) in [6.07, 6.45) is 7.98. The van der Waals surface area contributed by atoms with E-state index in [-0.39, 0.29) is 6.61 Å². The molecule has 2 aromatic rings. The topological polar surface area (TPSA) is 32.3 Å². The van der Waals surface area contributed by atoms with E-state index in [1.165, 1.54) is 67.2 Å². The van der Waals surface area contributed by atoms with Crippen LogP contribution in [0.15, 0.2) is 52.3 Å². The molecule has 0 spiro atoms. The molecule has 0 aliphatic carbocycles. The Kier molecular flexibility index (Phi) is 12.6. The standard InChI is InChI=1S/C15H16NOS.3C4H9.Sn/c1-16-10-12-6-2-4-8-14(12)18-15-9-5-3-7-13(15)11-17;3*1-3-4-2;/h2,4-9,16-17H,10-11H2,1H3;3*1,3-4H2,2H3;. The van der Waals surface area contributed by atoms with Crippen molar-refractivity contribution >= 4 is 33.7 Å². The fourth-order valence-corrected chi connectivity index (χ4v) is 21.6. The van der Waals surface area contributed by atoms with Crippen molar-refractivity contribution < 1.29 is 5.11 Å². The second kappa shape index (κ2) is 14.6. The third kappa shape index (κ3) is 7.80. The summed E-state index contributed by atoms with van der Waals surface area (Å²) in [6.45, 7) is 7.98. The molecule has 0 heterocycles. The van der Waals surface area contributed by atoms with Gasteiger partial charge in [-0.3, -0.25) is 0 Å². The molecule has 0 amide bonds. The maximum absolute atomic E-state index is 10.3. The van der Waals surface area contributed by atoms with E-state index < -0.39 is 18.4 Å². The molecule has 2 N–H and O–H groups in total. The van der Waals surface area contributed by atoms with E-state index in [9.17, 15) is 5.11 Å². The van der Waals surface area contributed by atoms with Crippen molar-refractivity contribution in [3.63, 3.8) is 0 Å². The zero-order valence-electron chi connectivity index (χ0n) is 20.2. The fraction of sp³-hybridized carbons (Fsp3) is 0.556. The first-order valence-corrected chi connectivity index (χ1v) is 20.6. The summed E-state index contributed by atoms with van der Waals surface area (Å²) in [5.74, 6) is 0. The average molecular weight is 548 g/mol. The first kappa shape index (κ1) is 26.8. The van der Waals surface area contributed by atoms with Gasteiger partial charge in [0.1, 0.15) is 0 Å². The zero-order valence-corrected chi connectivity index (χ0v) is 23.8. The maximum atomic E-state index is 10.3. The molecule has 4 heteroatoms. The van der Waals surface area contributed by atoms with Gasteiger partial charge in [-0.2, -0.15) is 0 Å². The Balaban J connectivity index is 2.41. The predicted molar refractivity (Wildman–Crippen MR) is 140 cm³/mol. The molecule has 0 atom stereocenters. The van der Waals surface area contributed by atoms with Crippen molar-refractivity contribution in [3.8, 4) is 0 Å².